The van der Waals surface area contributed by atoms with Crippen molar-refractivity contribution in [1.82, 2.24) is 15.2 Å². The predicted octanol–water partition coefficient (Wildman–Crippen LogP) is 3.41. The maximum Gasteiger partial charge on any atom is 0.227 e. The lowest BCUT2D eigenvalue weighted by Gasteiger charge is -2.11. The maximum atomic E-state index is 12.2. The Hall–Kier alpha value is -2.99. The van der Waals surface area contributed by atoms with Crippen LogP contribution in [0.3, 0.4) is 0 Å². The monoisotopic (exact) mass is 348 g/mol. The number of nitrogens with one attached hydrogen (secondary N) is 2. The molecule has 3 aromatic rings. The van der Waals surface area contributed by atoms with Gasteiger partial charge in [0.1, 0.15) is 5.82 Å². The van der Waals surface area contributed by atoms with Gasteiger partial charge in [-0.3, -0.25) is 9.89 Å². The molecule has 6 nitrogen and oxygen atoms in total. The van der Waals surface area contributed by atoms with Gasteiger partial charge < -0.3 is 10.4 Å². The minimum absolute atomic E-state index is 0.000718. The van der Waals surface area contributed by atoms with Crippen molar-refractivity contribution in [3.05, 3.63) is 66.0 Å². The maximum absolute atomic E-state index is 12.2. The highest BCUT2D eigenvalue weighted by atomic mass is 16.3. The van der Waals surface area contributed by atoms with Gasteiger partial charge in [0.25, 0.3) is 0 Å². The standard InChI is InChI=1S/C20H20N4O2/c25-17(13-5-2-1-3-6-13)12-18(26)21-16-8-4-7-15(11-16)20-22-19(23-24-20)14-9-10-14/h1-8,11,14,17,25H,9-10,12H2,(H,21,26)(H,22,23,24). The van der Waals surface area contributed by atoms with E-state index < -0.39 is 6.10 Å². The summed E-state index contributed by atoms with van der Waals surface area (Å²) in [5.41, 5.74) is 2.23. The van der Waals surface area contributed by atoms with E-state index in [1.807, 2.05) is 42.5 Å². The number of aromatic nitrogens is 3. The molecule has 6 heteroatoms. The fourth-order valence-corrected chi connectivity index (χ4v) is 2.86. The molecule has 132 valence electrons. The van der Waals surface area contributed by atoms with Gasteiger partial charge in [-0.25, -0.2) is 4.98 Å². The molecule has 1 unspecified atom stereocenters. The van der Waals surface area contributed by atoms with Crippen LogP contribution in [0.25, 0.3) is 11.4 Å². The first-order valence-corrected chi connectivity index (χ1v) is 8.74. The van der Waals surface area contributed by atoms with E-state index in [9.17, 15) is 9.90 Å². The first-order chi connectivity index (χ1) is 12.7. The third kappa shape index (κ3) is 3.81. The number of aromatic amines is 1. The van der Waals surface area contributed by atoms with E-state index >= 15 is 0 Å². The number of aliphatic hydroxyl groups is 1. The SMILES string of the molecule is O=C(CC(O)c1ccccc1)Nc1cccc(-c2n[nH]c(C3CC3)n2)c1. The van der Waals surface area contributed by atoms with Crippen LogP contribution < -0.4 is 5.32 Å². The van der Waals surface area contributed by atoms with Crippen molar-refractivity contribution in [1.29, 1.82) is 0 Å². The molecule has 1 saturated carbocycles. The van der Waals surface area contributed by atoms with Crippen LogP contribution in [0.2, 0.25) is 0 Å². The van der Waals surface area contributed by atoms with Crippen LogP contribution in [0.5, 0.6) is 0 Å². The van der Waals surface area contributed by atoms with Crippen LogP contribution in [0, 0.1) is 0 Å². The van der Waals surface area contributed by atoms with Crippen LogP contribution in [0.1, 0.15) is 42.7 Å². The lowest BCUT2D eigenvalue weighted by molar-refractivity contribution is -0.118. The Bertz CT molecular complexity index is 903. The molecule has 1 amide bonds. The fourth-order valence-electron chi connectivity index (χ4n) is 2.86. The molecule has 0 spiro atoms. The second-order valence-corrected chi connectivity index (χ2v) is 6.58. The van der Waals surface area contributed by atoms with Crippen LogP contribution in [0.4, 0.5) is 5.69 Å². The average Bonchev–Trinajstić information content (AvgIpc) is 3.39. The number of benzene rings is 2. The van der Waals surface area contributed by atoms with Gasteiger partial charge in [-0.05, 0) is 30.5 Å². The summed E-state index contributed by atoms with van der Waals surface area (Å²) in [5.74, 6) is 1.83. The molecular weight excluding hydrogens is 328 g/mol. The van der Waals surface area contributed by atoms with Crippen molar-refractivity contribution in [2.45, 2.75) is 31.3 Å². The number of rotatable bonds is 6. The first-order valence-electron chi connectivity index (χ1n) is 8.74. The van der Waals surface area contributed by atoms with E-state index in [-0.39, 0.29) is 12.3 Å². The Kier molecular flexibility index (Phi) is 4.50. The molecule has 0 aliphatic heterocycles. The lowest BCUT2D eigenvalue weighted by atomic mass is 10.1. The van der Waals surface area contributed by atoms with E-state index in [1.54, 1.807) is 12.1 Å². The molecule has 1 heterocycles. The molecule has 1 aromatic heterocycles. The Morgan fingerprint density at radius 3 is 2.77 bits per heavy atom. The molecule has 3 N–H and O–H groups in total. The Morgan fingerprint density at radius 2 is 2.00 bits per heavy atom. The van der Waals surface area contributed by atoms with Gasteiger partial charge in [-0.2, -0.15) is 5.10 Å². The molecule has 4 rings (SSSR count). The highest BCUT2D eigenvalue weighted by Crippen LogP contribution is 2.38. The summed E-state index contributed by atoms with van der Waals surface area (Å²) in [5, 5.41) is 20.3. The van der Waals surface area contributed by atoms with E-state index in [4.69, 9.17) is 0 Å². The van der Waals surface area contributed by atoms with Gasteiger partial charge in [-0.15, -0.1) is 0 Å². The molecular formula is C20H20N4O2. The zero-order valence-electron chi connectivity index (χ0n) is 14.2. The third-order valence-electron chi connectivity index (χ3n) is 4.43. The third-order valence-corrected chi connectivity index (χ3v) is 4.43. The zero-order chi connectivity index (χ0) is 17.9. The normalized spacial score (nSPS) is 14.8. The minimum atomic E-state index is -0.825. The van der Waals surface area contributed by atoms with Gasteiger partial charge >= 0.3 is 0 Å². The quantitative estimate of drug-likeness (QED) is 0.637. The molecule has 0 saturated heterocycles. The van der Waals surface area contributed by atoms with Gasteiger partial charge in [0, 0.05) is 17.2 Å². The smallest absolute Gasteiger partial charge is 0.227 e. The van der Waals surface area contributed by atoms with E-state index in [0.29, 0.717) is 17.4 Å². The molecule has 0 bridgehead atoms. The van der Waals surface area contributed by atoms with Crippen LogP contribution >= 0.6 is 0 Å². The summed E-state index contributed by atoms with van der Waals surface area (Å²) in [6.07, 6.45) is 1.50. The zero-order valence-corrected chi connectivity index (χ0v) is 14.2. The van der Waals surface area contributed by atoms with Crippen LogP contribution in [-0.2, 0) is 4.79 Å². The van der Waals surface area contributed by atoms with Gasteiger partial charge in [0.15, 0.2) is 5.82 Å². The molecule has 1 aliphatic rings. The van der Waals surface area contributed by atoms with Gasteiger partial charge in [-0.1, -0.05) is 42.5 Å². The van der Waals surface area contributed by atoms with Crippen molar-refractivity contribution in [2.24, 2.45) is 0 Å². The molecule has 26 heavy (non-hydrogen) atoms. The topological polar surface area (TPSA) is 90.9 Å². The Labute approximate surface area is 151 Å². The highest BCUT2D eigenvalue weighted by Gasteiger charge is 2.27. The summed E-state index contributed by atoms with van der Waals surface area (Å²) in [6.45, 7) is 0. The number of carbonyl (C=O) groups is 1. The average molecular weight is 348 g/mol. The summed E-state index contributed by atoms with van der Waals surface area (Å²) >= 11 is 0. The lowest BCUT2D eigenvalue weighted by Crippen LogP contribution is -2.15. The summed E-state index contributed by atoms with van der Waals surface area (Å²) in [6, 6.07) is 16.6. The first kappa shape index (κ1) is 16.5. The van der Waals surface area contributed by atoms with Crippen molar-refractivity contribution in [2.75, 3.05) is 5.32 Å². The number of H-pyrrole nitrogens is 1. The number of anilines is 1. The number of nitrogens with zero attached hydrogens (tertiary/aromatic N) is 2. The highest BCUT2D eigenvalue weighted by molar-refractivity contribution is 5.91. The predicted molar refractivity (Wildman–Crippen MR) is 98.4 cm³/mol. The van der Waals surface area contributed by atoms with Crippen molar-refractivity contribution < 1.29 is 9.90 Å². The minimum Gasteiger partial charge on any atom is -0.388 e. The van der Waals surface area contributed by atoms with E-state index in [0.717, 1.165) is 29.8 Å². The van der Waals surface area contributed by atoms with Crippen molar-refractivity contribution >= 4 is 11.6 Å². The number of aliphatic hydroxyl groups excluding tert-OH is 1. The van der Waals surface area contributed by atoms with Crippen LogP contribution in [-0.4, -0.2) is 26.2 Å². The van der Waals surface area contributed by atoms with Crippen molar-refractivity contribution in [3.63, 3.8) is 0 Å². The fraction of sp³-hybridized carbons (Fsp3) is 0.250. The summed E-state index contributed by atoms with van der Waals surface area (Å²) < 4.78 is 0. The summed E-state index contributed by atoms with van der Waals surface area (Å²) in [7, 11) is 0. The number of hydrogen-bond acceptors (Lipinski definition) is 4. The summed E-state index contributed by atoms with van der Waals surface area (Å²) in [4.78, 5) is 16.8. The Morgan fingerprint density at radius 1 is 1.19 bits per heavy atom. The number of hydrogen-bond donors (Lipinski definition) is 3. The van der Waals surface area contributed by atoms with Gasteiger partial charge in [0.05, 0.1) is 12.5 Å². The Balaban J connectivity index is 1.42. The van der Waals surface area contributed by atoms with Crippen molar-refractivity contribution in [3.8, 4) is 11.4 Å². The largest absolute Gasteiger partial charge is 0.388 e. The van der Waals surface area contributed by atoms with E-state index in [2.05, 4.69) is 20.5 Å². The van der Waals surface area contributed by atoms with Crippen LogP contribution in [0.15, 0.2) is 54.6 Å². The molecule has 1 fully saturated rings. The number of carbonyl (C=O) groups excluding carboxylic acids is 1. The molecule has 1 aliphatic carbocycles. The van der Waals surface area contributed by atoms with Gasteiger partial charge in [0.2, 0.25) is 5.91 Å². The second kappa shape index (κ2) is 7.09. The molecule has 1 atom stereocenters. The second-order valence-electron chi connectivity index (χ2n) is 6.58. The molecule has 2 aromatic carbocycles. The molecule has 0 radical (unpaired) electrons. The number of amides is 1. The van der Waals surface area contributed by atoms with E-state index in [1.165, 1.54) is 0 Å².